The summed E-state index contributed by atoms with van der Waals surface area (Å²) in [5.41, 5.74) is 0.805. The van der Waals surface area contributed by atoms with Crippen LogP contribution in [0.3, 0.4) is 0 Å². The zero-order valence-electron chi connectivity index (χ0n) is 13.5. The first-order valence-electron chi connectivity index (χ1n) is 7.95. The minimum atomic E-state index is -0.150. The SMILES string of the molecule is CSc1ccc(NC(=O)C2CCCN(C(=O)c3cccs3)C2)cc1. The molecule has 24 heavy (non-hydrogen) atoms. The summed E-state index contributed by atoms with van der Waals surface area (Å²) in [4.78, 5) is 28.7. The molecular weight excluding hydrogens is 340 g/mol. The predicted molar refractivity (Wildman–Crippen MR) is 99.8 cm³/mol. The number of amides is 2. The number of nitrogens with one attached hydrogen (secondary N) is 1. The standard InChI is InChI=1S/C18H20N2O2S2/c1-23-15-8-6-14(7-9-15)19-17(21)13-4-2-10-20(12-13)18(22)16-5-3-11-24-16/h3,5-9,11,13H,2,4,10,12H2,1H3,(H,19,21). The molecular formula is C18H20N2O2S2. The van der Waals surface area contributed by atoms with Gasteiger partial charge in [0, 0.05) is 23.7 Å². The van der Waals surface area contributed by atoms with Crippen LogP contribution in [0, 0.1) is 5.92 Å². The van der Waals surface area contributed by atoms with Crippen LogP contribution in [0.4, 0.5) is 5.69 Å². The Labute approximate surface area is 150 Å². The molecule has 1 aliphatic heterocycles. The molecule has 1 aliphatic rings. The van der Waals surface area contributed by atoms with Crippen LogP contribution < -0.4 is 5.32 Å². The maximum absolute atomic E-state index is 12.5. The Bertz CT molecular complexity index is 698. The number of nitrogens with zero attached hydrogens (tertiary/aromatic N) is 1. The van der Waals surface area contributed by atoms with Gasteiger partial charge in [-0.05, 0) is 54.8 Å². The fraction of sp³-hybridized carbons (Fsp3) is 0.333. The molecule has 3 rings (SSSR count). The number of likely N-dealkylation sites (tertiary alicyclic amines) is 1. The van der Waals surface area contributed by atoms with Gasteiger partial charge in [0.05, 0.1) is 10.8 Å². The average Bonchev–Trinajstić information content (AvgIpc) is 3.16. The molecule has 0 radical (unpaired) electrons. The van der Waals surface area contributed by atoms with Crippen LogP contribution in [-0.4, -0.2) is 36.1 Å². The summed E-state index contributed by atoms with van der Waals surface area (Å²) in [6.07, 6.45) is 3.71. The van der Waals surface area contributed by atoms with E-state index in [9.17, 15) is 9.59 Å². The molecule has 2 aromatic rings. The lowest BCUT2D eigenvalue weighted by atomic mass is 9.97. The fourth-order valence-corrected chi connectivity index (χ4v) is 3.95. The molecule has 1 aromatic carbocycles. The third kappa shape index (κ3) is 3.99. The molecule has 126 valence electrons. The molecule has 1 aromatic heterocycles. The second kappa shape index (κ2) is 7.85. The Hall–Kier alpha value is -1.79. The number of piperidine rings is 1. The first kappa shape index (κ1) is 17.0. The minimum Gasteiger partial charge on any atom is -0.337 e. The van der Waals surface area contributed by atoms with Crippen molar-refractivity contribution in [1.29, 1.82) is 0 Å². The Kier molecular flexibility index (Phi) is 5.58. The Morgan fingerprint density at radius 3 is 2.71 bits per heavy atom. The number of rotatable bonds is 4. The molecule has 0 saturated carbocycles. The highest BCUT2D eigenvalue weighted by Gasteiger charge is 2.29. The maximum Gasteiger partial charge on any atom is 0.263 e. The van der Waals surface area contributed by atoms with Crippen molar-refractivity contribution in [3.05, 3.63) is 46.7 Å². The topological polar surface area (TPSA) is 49.4 Å². The highest BCUT2D eigenvalue weighted by atomic mass is 32.2. The van der Waals surface area contributed by atoms with Crippen molar-refractivity contribution in [1.82, 2.24) is 4.90 Å². The number of carbonyl (C=O) groups excluding carboxylic acids is 2. The van der Waals surface area contributed by atoms with Gasteiger partial charge in [-0.15, -0.1) is 23.1 Å². The lowest BCUT2D eigenvalue weighted by Gasteiger charge is -2.31. The summed E-state index contributed by atoms with van der Waals surface area (Å²) in [7, 11) is 0. The van der Waals surface area contributed by atoms with Gasteiger partial charge in [0.25, 0.3) is 5.91 Å². The quantitative estimate of drug-likeness (QED) is 0.840. The van der Waals surface area contributed by atoms with Gasteiger partial charge in [0.15, 0.2) is 0 Å². The maximum atomic E-state index is 12.5. The van der Waals surface area contributed by atoms with E-state index in [4.69, 9.17) is 0 Å². The first-order valence-corrected chi connectivity index (χ1v) is 10.1. The van der Waals surface area contributed by atoms with Crippen LogP contribution >= 0.6 is 23.1 Å². The van der Waals surface area contributed by atoms with Crippen LogP contribution in [0.25, 0.3) is 0 Å². The summed E-state index contributed by atoms with van der Waals surface area (Å²) >= 11 is 3.12. The molecule has 4 nitrogen and oxygen atoms in total. The van der Waals surface area contributed by atoms with Crippen LogP contribution in [0.5, 0.6) is 0 Å². The number of anilines is 1. The molecule has 2 heterocycles. The zero-order chi connectivity index (χ0) is 16.9. The van der Waals surface area contributed by atoms with Crippen molar-refractivity contribution < 1.29 is 9.59 Å². The van der Waals surface area contributed by atoms with Crippen LogP contribution in [0.15, 0.2) is 46.7 Å². The molecule has 1 N–H and O–H groups in total. The van der Waals surface area contributed by atoms with Crippen molar-refractivity contribution in [2.75, 3.05) is 24.7 Å². The van der Waals surface area contributed by atoms with Crippen molar-refractivity contribution in [2.45, 2.75) is 17.7 Å². The van der Waals surface area contributed by atoms with E-state index in [1.807, 2.05) is 48.0 Å². The fourth-order valence-electron chi connectivity index (χ4n) is 2.85. The molecule has 1 fully saturated rings. The third-order valence-electron chi connectivity index (χ3n) is 4.17. The molecule has 0 spiro atoms. The molecule has 0 bridgehead atoms. The molecule has 1 saturated heterocycles. The molecule has 0 aliphatic carbocycles. The van der Waals surface area contributed by atoms with Gasteiger partial charge >= 0.3 is 0 Å². The van der Waals surface area contributed by atoms with Gasteiger partial charge in [0.1, 0.15) is 0 Å². The van der Waals surface area contributed by atoms with Crippen molar-refractivity contribution in [2.24, 2.45) is 5.92 Å². The van der Waals surface area contributed by atoms with Crippen LogP contribution in [-0.2, 0) is 4.79 Å². The van der Waals surface area contributed by atoms with E-state index in [1.165, 1.54) is 16.2 Å². The third-order valence-corrected chi connectivity index (χ3v) is 5.77. The van der Waals surface area contributed by atoms with Crippen LogP contribution in [0.2, 0.25) is 0 Å². The highest BCUT2D eigenvalue weighted by Crippen LogP contribution is 2.23. The molecule has 1 unspecified atom stereocenters. The number of carbonyl (C=O) groups is 2. The Morgan fingerprint density at radius 2 is 2.04 bits per heavy atom. The monoisotopic (exact) mass is 360 g/mol. The number of thioether (sulfide) groups is 1. The van der Waals surface area contributed by atoms with E-state index in [2.05, 4.69) is 5.32 Å². The second-order valence-electron chi connectivity index (χ2n) is 5.79. The van der Waals surface area contributed by atoms with E-state index in [1.54, 1.807) is 16.7 Å². The van der Waals surface area contributed by atoms with E-state index < -0.39 is 0 Å². The van der Waals surface area contributed by atoms with Crippen LogP contribution in [0.1, 0.15) is 22.5 Å². The summed E-state index contributed by atoms with van der Waals surface area (Å²) in [5, 5.41) is 4.88. The van der Waals surface area contributed by atoms with Crippen molar-refractivity contribution in [3.63, 3.8) is 0 Å². The Morgan fingerprint density at radius 1 is 1.25 bits per heavy atom. The van der Waals surface area contributed by atoms with Crippen molar-refractivity contribution >= 4 is 40.6 Å². The lowest BCUT2D eigenvalue weighted by Crippen LogP contribution is -2.43. The van der Waals surface area contributed by atoms with Gasteiger partial charge < -0.3 is 10.2 Å². The smallest absolute Gasteiger partial charge is 0.263 e. The zero-order valence-corrected chi connectivity index (χ0v) is 15.2. The minimum absolute atomic E-state index is 0.00409. The van der Waals surface area contributed by atoms with E-state index in [-0.39, 0.29) is 17.7 Å². The lowest BCUT2D eigenvalue weighted by molar-refractivity contribution is -0.121. The van der Waals surface area contributed by atoms with Gasteiger partial charge in [-0.3, -0.25) is 9.59 Å². The summed E-state index contributed by atoms with van der Waals surface area (Å²) < 4.78 is 0. The van der Waals surface area contributed by atoms with E-state index in [0.717, 1.165) is 30.0 Å². The second-order valence-corrected chi connectivity index (χ2v) is 7.61. The van der Waals surface area contributed by atoms with E-state index >= 15 is 0 Å². The number of benzene rings is 1. The largest absolute Gasteiger partial charge is 0.337 e. The predicted octanol–water partition coefficient (Wildman–Crippen LogP) is 3.96. The van der Waals surface area contributed by atoms with Gasteiger partial charge in [-0.2, -0.15) is 0 Å². The summed E-state index contributed by atoms with van der Waals surface area (Å²) in [6.45, 7) is 1.22. The van der Waals surface area contributed by atoms with Gasteiger partial charge in [0.2, 0.25) is 5.91 Å². The normalized spacial score (nSPS) is 17.5. The first-order chi connectivity index (χ1) is 11.7. The average molecular weight is 361 g/mol. The van der Waals surface area contributed by atoms with Crippen molar-refractivity contribution in [3.8, 4) is 0 Å². The van der Waals surface area contributed by atoms with E-state index in [0.29, 0.717) is 6.54 Å². The number of hydrogen-bond donors (Lipinski definition) is 1. The molecule has 1 atom stereocenters. The summed E-state index contributed by atoms with van der Waals surface area (Å²) in [5.74, 6) is -0.120. The highest BCUT2D eigenvalue weighted by molar-refractivity contribution is 7.98. The Balaban J connectivity index is 1.61. The molecule has 2 amide bonds. The van der Waals surface area contributed by atoms with Gasteiger partial charge in [-0.1, -0.05) is 6.07 Å². The number of thiophene rings is 1. The summed E-state index contributed by atoms with van der Waals surface area (Å²) in [6, 6.07) is 11.5. The van der Waals surface area contributed by atoms with Gasteiger partial charge in [-0.25, -0.2) is 0 Å². The molecule has 6 heteroatoms. The number of hydrogen-bond acceptors (Lipinski definition) is 4.